The molecule has 3 heterocycles. The van der Waals surface area contributed by atoms with Gasteiger partial charge in [0.25, 0.3) is 11.6 Å². The number of anilines is 1. The van der Waals surface area contributed by atoms with Gasteiger partial charge in [0.2, 0.25) is 0 Å². The molecule has 0 saturated carbocycles. The van der Waals surface area contributed by atoms with Crippen molar-refractivity contribution in [3.8, 4) is 0 Å². The molecule has 1 amide bonds. The number of aromatic nitrogens is 2. The van der Waals surface area contributed by atoms with Crippen molar-refractivity contribution in [3.63, 3.8) is 0 Å². The number of nitrogens with zero attached hydrogens (tertiary/aromatic N) is 3. The van der Waals surface area contributed by atoms with Gasteiger partial charge in [0.1, 0.15) is 0 Å². The summed E-state index contributed by atoms with van der Waals surface area (Å²) in [6.45, 7) is 10.3. The number of hydrogen-bond acceptors (Lipinski definition) is 6. The highest BCUT2D eigenvalue weighted by atomic mass is 16.5. The second kappa shape index (κ2) is 7.93. The molecule has 7 nitrogen and oxygen atoms in total. The zero-order chi connectivity index (χ0) is 20.5. The van der Waals surface area contributed by atoms with Crippen molar-refractivity contribution in [2.75, 3.05) is 18.4 Å². The van der Waals surface area contributed by atoms with E-state index < -0.39 is 0 Å². The fourth-order valence-corrected chi connectivity index (χ4v) is 4.02. The molecular formula is C22H26N4O3. The first-order valence-electron chi connectivity index (χ1n) is 9.91. The van der Waals surface area contributed by atoms with Crippen molar-refractivity contribution in [2.45, 2.75) is 46.4 Å². The Kier molecular flexibility index (Phi) is 5.34. The van der Waals surface area contributed by atoms with Crippen LogP contribution in [0.3, 0.4) is 0 Å². The van der Waals surface area contributed by atoms with E-state index in [0.717, 1.165) is 30.9 Å². The van der Waals surface area contributed by atoms with Gasteiger partial charge >= 0.3 is 0 Å². The van der Waals surface area contributed by atoms with Crippen LogP contribution in [0.2, 0.25) is 0 Å². The van der Waals surface area contributed by atoms with E-state index in [-0.39, 0.29) is 18.1 Å². The largest absolute Gasteiger partial charge is 0.373 e. The molecule has 152 valence electrons. The van der Waals surface area contributed by atoms with Gasteiger partial charge in [-0.15, -0.1) is 0 Å². The fraction of sp³-hybridized carbons (Fsp3) is 0.409. The first kappa shape index (κ1) is 19.5. The predicted molar refractivity (Wildman–Crippen MR) is 111 cm³/mol. The molecule has 0 bridgehead atoms. The van der Waals surface area contributed by atoms with Gasteiger partial charge in [-0.25, -0.2) is 4.98 Å². The first-order chi connectivity index (χ1) is 13.9. The van der Waals surface area contributed by atoms with E-state index in [4.69, 9.17) is 9.26 Å². The number of carbonyl (C=O) groups is 1. The van der Waals surface area contributed by atoms with E-state index in [9.17, 15) is 4.79 Å². The second-order valence-corrected chi connectivity index (χ2v) is 7.82. The number of nitrogens with one attached hydrogen (secondary N) is 1. The van der Waals surface area contributed by atoms with E-state index in [1.165, 1.54) is 0 Å². The molecule has 3 aromatic rings. The van der Waals surface area contributed by atoms with Crippen LogP contribution in [0.15, 0.2) is 34.9 Å². The molecule has 1 aromatic carbocycles. The summed E-state index contributed by atoms with van der Waals surface area (Å²) in [5, 5.41) is 7.70. The lowest BCUT2D eigenvalue weighted by Crippen LogP contribution is -2.44. The second-order valence-electron chi connectivity index (χ2n) is 7.82. The molecule has 1 saturated heterocycles. The average Bonchev–Trinajstić information content (AvgIpc) is 3.02. The van der Waals surface area contributed by atoms with E-state index >= 15 is 0 Å². The molecule has 1 aliphatic heterocycles. The van der Waals surface area contributed by atoms with Gasteiger partial charge < -0.3 is 14.6 Å². The Balaban J connectivity index is 1.59. The monoisotopic (exact) mass is 394 g/mol. The van der Waals surface area contributed by atoms with Crippen LogP contribution in [0.5, 0.6) is 0 Å². The van der Waals surface area contributed by atoms with Gasteiger partial charge in [0, 0.05) is 31.0 Å². The van der Waals surface area contributed by atoms with Crippen molar-refractivity contribution >= 4 is 22.7 Å². The van der Waals surface area contributed by atoms with Gasteiger partial charge in [0.15, 0.2) is 0 Å². The number of fused-ring (bicyclic) bond motifs is 1. The van der Waals surface area contributed by atoms with E-state index in [1.807, 2.05) is 32.0 Å². The van der Waals surface area contributed by atoms with E-state index in [0.29, 0.717) is 28.1 Å². The van der Waals surface area contributed by atoms with Gasteiger partial charge in [0.05, 0.1) is 28.9 Å². The number of benzene rings is 1. The van der Waals surface area contributed by atoms with Gasteiger partial charge in [-0.2, -0.15) is 0 Å². The summed E-state index contributed by atoms with van der Waals surface area (Å²) < 4.78 is 11.1. The fourth-order valence-electron chi connectivity index (χ4n) is 4.02. The molecule has 2 aromatic heterocycles. The summed E-state index contributed by atoms with van der Waals surface area (Å²) in [6.07, 6.45) is 0.398. The minimum Gasteiger partial charge on any atom is -0.373 e. The van der Waals surface area contributed by atoms with Gasteiger partial charge in [-0.05, 0) is 45.4 Å². The highest BCUT2D eigenvalue weighted by molar-refractivity contribution is 6.12. The lowest BCUT2D eigenvalue weighted by atomic mass is 10.1. The van der Waals surface area contributed by atoms with Gasteiger partial charge in [-0.3, -0.25) is 9.69 Å². The maximum Gasteiger partial charge on any atom is 0.258 e. The van der Waals surface area contributed by atoms with Crippen LogP contribution in [0.4, 0.5) is 5.69 Å². The maximum atomic E-state index is 13.1. The number of hydrogen-bond donors (Lipinski definition) is 1. The number of aryl methyl sites for hydroxylation is 2. The SMILES string of the molecule is Cc1cc(C(=O)Nc2ccccc2CN2CC(C)OC(C)C2)c2c(C)noc2n1. The van der Waals surface area contributed by atoms with Crippen LogP contribution in [0, 0.1) is 13.8 Å². The highest BCUT2D eigenvalue weighted by Crippen LogP contribution is 2.25. The molecule has 1 fully saturated rings. The predicted octanol–water partition coefficient (Wildman–Crippen LogP) is 3.70. The summed E-state index contributed by atoms with van der Waals surface area (Å²) in [5.74, 6) is -0.192. The topological polar surface area (TPSA) is 80.5 Å². The van der Waals surface area contributed by atoms with Crippen LogP contribution in [0.25, 0.3) is 11.1 Å². The van der Waals surface area contributed by atoms with E-state index in [2.05, 4.69) is 40.3 Å². The lowest BCUT2D eigenvalue weighted by Gasteiger charge is -2.35. The lowest BCUT2D eigenvalue weighted by molar-refractivity contribution is -0.0704. The summed E-state index contributed by atoms with van der Waals surface area (Å²) in [5.41, 5.74) is 4.16. The standard InChI is InChI=1S/C22H26N4O3/c1-13-9-18(20-16(4)25-29-22(20)23-13)21(27)24-19-8-6-5-7-17(19)12-26-10-14(2)28-15(3)11-26/h5-9,14-15H,10-12H2,1-4H3,(H,24,27). The molecular weight excluding hydrogens is 368 g/mol. The Morgan fingerprint density at radius 3 is 2.69 bits per heavy atom. The van der Waals surface area contributed by atoms with Crippen LogP contribution >= 0.6 is 0 Å². The van der Waals surface area contributed by atoms with Crippen LogP contribution < -0.4 is 5.32 Å². The Hall–Kier alpha value is -2.77. The molecule has 4 rings (SSSR count). The smallest absolute Gasteiger partial charge is 0.258 e. The van der Waals surface area contributed by atoms with Crippen LogP contribution in [-0.2, 0) is 11.3 Å². The maximum absolute atomic E-state index is 13.1. The molecule has 2 unspecified atom stereocenters. The molecule has 1 aliphatic rings. The number of para-hydroxylation sites is 1. The molecule has 0 aliphatic carbocycles. The first-order valence-corrected chi connectivity index (χ1v) is 9.91. The minimum absolute atomic E-state index is 0.192. The quantitative estimate of drug-likeness (QED) is 0.727. The molecule has 29 heavy (non-hydrogen) atoms. The van der Waals surface area contributed by atoms with Crippen LogP contribution in [0.1, 0.15) is 41.2 Å². The summed E-state index contributed by atoms with van der Waals surface area (Å²) in [7, 11) is 0. The number of rotatable bonds is 4. The number of carbonyl (C=O) groups excluding carboxylic acids is 1. The van der Waals surface area contributed by atoms with E-state index in [1.54, 1.807) is 6.07 Å². The third kappa shape index (κ3) is 4.16. The summed E-state index contributed by atoms with van der Waals surface area (Å²) >= 11 is 0. The van der Waals surface area contributed by atoms with Crippen molar-refractivity contribution in [2.24, 2.45) is 0 Å². The number of amides is 1. The summed E-state index contributed by atoms with van der Waals surface area (Å²) in [4.78, 5) is 19.8. The molecule has 1 N–H and O–H groups in total. The Labute approximate surface area is 170 Å². The van der Waals surface area contributed by atoms with Crippen LogP contribution in [-0.4, -0.2) is 46.2 Å². The third-order valence-electron chi connectivity index (χ3n) is 5.14. The zero-order valence-electron chi connectivity index (χ0n) is 17.2. The van der Waals surface area contributed by atoms with Crippen molar-refractivity contribution in [3.05, 3.63) is 52.8 Å². The number of morpholine rings is 1. The Morgan fingerprint density at radius 1 is 1.21 bits per heavy atom. The molecule has 2 atom stereocenters. The van der Waals surface area contributed by atoms with Crippen molar-refractivity contribution in [1.29, 1.82) is 0 Å². The number of pyridine rings is 1. The molecule has 7 heteroatoms. The minimum atomic E-state index is -0.192. The van der Waals surface area contributed by atoms with Gasteiger partial charge in [-0.1, -0.05) is 23.4 Å². The normalized spacial score (nSPS) is 20.1. The highest BCUT2D eigenvalue weighted by Gasteiger charge is 2.23. The molecule has 0 spiro atoms. The summed E-state index contributed by atoms with van der Waals surface area (Å²) in [6, 6.07) is 9.69. The molecule has 0 radical (unpaired) electrons. The zero-order valence-corrected chi connectivity index (χ0v) is 17.2. The van der Waals surface area contributed by atoms with Crippen molar-refractivity contribution in [1.82, 2.24) is 15.0 Å². The average molecular weight is 394 g/mol. The Morgan fingerprint density at radius 2 is 1.93 bits per heavy atom. The van der Waals surface area contributed by atoms with Crippen molar-refractivity contribution < 1.29 is 14.1 Å². The Bertz CT molecular complexity index is 1040. The third-order valence-corrected chi connectivity index (χ3v) is 5.14. The number of ether oxygens (including phenoxy) is 1.